The van der Waals surface area contributed by atoms with E-state index in [1.165, 1.54) is 56.0 Å². The second kappa shape index (κ2) is 8.49. The summed E-state index contributed by atoms with van der Waals surface area (Å²) >= 11 is 0. The van der Waals surface area contributed by atoms with Gasteiger partial charge in [-0.1, -0.05) is 25.0 Å². The van der Waals surface area contributed by atoms with Gasteiger partial charge >= 0.3 is 5.69 Å². The van der Waals surface area contributed by atoms with Crippen LogP contribution in [0.1, 0.15) is 41.6 Å². The normalized spacial score (nSPS) is 14.9. The maximum atomic E-state index is 12.4. The predicted molar refractivity (Wildman–Crippen MR) is 105 cm³/mol. The molecule has 1 fully saturated rings. The summed E-state index contributed by atoms with van der Waals surface area (Å²) in [6.45, 7) is 2.10. The van der Waals surface area contributed by atoms with Crippen molar-refractivity contribution in [3.8, 4) is 5.75 Å². The van der Waals surface area contributed by atoms with Gasteiger partial charge < -0.3 is 10.0 Å². The van der Waals surface area contributed by atoms with Gasteiger partial charge in [-0.05, 0) is 54.8 Å². The van der Waals surface area contributed by atoms with Gasteiger partial charge in [0.15, 0.2) is 11.5 Å². The van der Waals surface area contributed by atoms with Gasteiger partial charge in [-0.25, -0.2) is 0 Å². The van der Waals surface area contributed by atoms with Crippen molar-refractivity contribution in [2.45, 2.75) is 25.7 Å². The largest absolute Gasteiger partial charge is 0.502 e. The van der Waals surface area contributed by atoms with Crippen molar-refractivity contribution in [3.05, 3.63) is 69.8 Å². The van der Waals surface area contributed by atoms with Crippen LogP contribution in [0.15, 0.2) is 48.5 Å². The number of benzene rings is 2. The number of nitrogens with zero attached hydrogens (tertiary/aromatic N) is 2. The Morgan fingerprint density at radius 3 is 2.33 bits per heavy atom. The fourth-order valence-electron chi connectivity index (χ4n) is 3.22. The van der Waals surface area contributed by atoms with Crippen LogP contribution in [0.2, 0.25) is 0 Å². The molecule has 1 saturated heterocycles. The Hall–Kier alpha value is -3.15. The fraction of sp³-hybridized carbons (Fsp3) is 0.286. The SMILES string of the molecule is O=C(C=Cc1ccc(O)c([N+](=O)[O-])c1)c1ccc(N2CCCCCC2)cc1. The molecule has 140 valence electrons. The Bertz CT molecular complexity index is 851. The molecule has 0 atom stereocenters. The van der Waals surface area contributed by atoms with Gasteiger partial charge in [0.05, 0.1) is 4.92 Å². The van der Waals surface area contributed by atoms with Crippen LogP contribution in [0.5, 0.6) is 5.75 Å². The number of anilines is 1. The zero-order chi connectivity index (χ0) is 19.2. The van der Waals surface area contributed by atoms with E-state index in [1.807, 2.05) is 24.3 Å². The van der Waals surface area contributed by atoms with E-state index in [2.05, 4.69) is 4.90 Å². The lowest BCUT2D eigenvalue weighted by Gasteiger charge is -2.22. The standard InChI is InChI=1S/C21H22N2O4/c24-20(11-5-16-6-12-21(25)19(15-16)23(26)27)17-7-9-18(10-8-17)22-13-3-1-2-4-14-22/h5-12,15,25H,1-4,13-14H2. The van der Waals surface area contributed by atoms with Gasteiger partial charge in [0.1, 0.15) is 0 Å². The number of allylic oxidation sites excluding steroid dienone is 1. The summed E-state index contributed by atoms with van der Waals surface area (Å²) in [4.78, 5) is 24.9. The second-order valence-electron chi connectivity index (χ2n) is 6.65. The monoisotopic (exact) mass is 366 g/mol. The maximum absolute atomic E-state index is 12.4. The minimum atomic E-state index is -0.657. The Balaban J connectivity index is 1.70. The lowest BCUT2D eigenvalue weighted by molar-refractivity contribution is -0.385. The Morgan fingerprint density at radius 2 is 1.70 bits per heavy atom. The minimum absolute atomic E-state index is 0.173. The van der Waals surface area contributed by atoms with Crippen molar-refractivity contribution >= 4 is 23.2 Å². The molecular weight excluding hydrogens is 344 g/mol. The van der Waals surface area contributed by atoms with Crippen molar-refractivity contribution in [2.24, 2.45) is 0 Å². The molecule has 0 spiro atoms. The Morgan fingerprint density at radius 1 is 1.04 bits per heavy atom. The predicted octanol–water partition coefficient (Wildman–Crippen LogP) is 4.58. The number of phenolic OH excluding ortho intramolecular Hbond substituents is 1. The molecule has 0 saturated carbocycles. The molecule has 0 bridgehead atoms. The minimum Gasteiger partial charge on any atom is -0.502 e. The molecule has 0 radical (unpaired) electrons. The number of carbonyl (C=O) groups is 1. The van der Waals surface area contributed by atoms with Crippen LogP contribution in [-0.4, -0.2) is 28.9 Å². The summed E-state index contributed by atoms with van der Waals surface area (Å²) in [7, 11) is 0. The molecule has 6 heteroatoms. The molecular formula is C21H22N2O4. The third-order valence-electron chi connectivity index (χ3n) is 4.75. The average Bonchev–Trinajstić information content (AvgIpc) is 2.96. The van der Waals surface area contributed by atoms with Gasteiger partial charge in [-0.3, -0.25) is 14.9 Å². The lowest BCUT2D eigenvalue weighted by atomic mass is 10.1. The van der Waals surface area contributed by atoms with E-state index in [0.717, 1.165) is 18.8 Å². The van der Waals surface area contributed by atoms with Crippen LogP contribution in [0.3, 0.4) is 0 Å². The number of rotatable bonds is 5. The van der Waals surface area contributed by atoms with Crippen molar-refractivity contribution in [3.63, 3.8) is 0 Å². The number of nitro benzene ring substituents is 1. The van der Waals surface area contributed by atoms with Crippen molar-refractivity contribution in [1.82, 2.24) is 0 Å². The van der Waals surface area contributed by atoms with E-state index >= 15 is 0 Å². The first-order valence-electron chi connectivity index (χ1n) is 9.09. The van der Waals surface area contributed by atoms with Crippen LogP contribution >= 0.6 is 0 Å². The topological polar surface area (TPSA) is 83.7 Å². The van der Waals surface area contributed by atoms with Crippen LogP contribution in [0.4, 0.5) is 11.4 Å². The van der Waals surface area contributed by atoms with Crippen molar-refractivity contribution in [2.75, 3.05) is 18.0 Å². The van der Waals surface area contributed by atoms with Gasteiger partial charge in [0.2, 0.25) is 0 Å². The lowest BCUT2D eigenvalue weighted by Crippen LogP contribution is -2.23. The zero-order valence-corrected chi connectivity index (χ0v) is 15.0. The van der Waals surface area contributed by atoms with Crippen LogP contribution in [0.25, 0.3) is 6.08 Å². The first-order chi connectivity index (χ1) is 13.0. The summed E-state index contributed by atoms with van der Waals surface area (Å²) in [5, 5.41) is 20.3. The molecule has 2 aromatic rings. The first kappa shape index (κ1) is 18.6. The maximum Gasteiger partial charge on any atom is 0.311 e. The van der Waals surface area contributed by atoms with Crippen LogP contribution in [-0.2, 0) is 0 Å². The van der Waals surface area contributed by atoms with Gasteiger partial charge in [-0.15, -0.1) is 0 Å². The number of hydrogen-bond acceptors (Lipinski definition) is 5. The van der Waals surface area contributed by atoms with E-state index in [-0.39, 0.29) is 11.5 Å². The molecule has 2 aromatic carbocycles. The Kier molecular flexibility index (Phi) is 5.86. The number of ketones is 1. The van der Waals surface area contributed by atoms with Gasteiger partial charge in [0.25, 0.3) is 0 Å². The molecule has 0 unspecified atom stereocenters. The molecule has 1 N–H and O–H groups in total. The van der Waals surface area contributed by atoms with Gasteiger partial charge in [0, 0.05) is 30.4 Å². The number of nitro groups is 1. The summed E-state index contributed by atoms with van der Waals surface area (Å²) in [5.74, 6) is -0.569. The number of phenols is 1. The third kappa shape index (κ3) is 4.73. The highest BCUT2D eigenvalue weighted by Gasteiger charge is 2.13. The summed E-state index contributed by atoms with van der Waals surface area (Å²) in [6.07, 6.45) is 7.83. The number of hydrogen-bond donors (Lipinski definition) is 1. The summed E-state index contributed by atoms with van der Waals surface area (Å²) in [5.41, 5.74) is 1.80. The summed E-state index contributed by atoms with van der Waals surface area (Å²) in [6, 6.07) is 11.6. The van der Waals surface area contributed by atoms with E-state index < -0.39 is 10.7 Å². The highest BCUT2D eigenvalue weighted by Crippen LogP contribution is 2.27. The highest BCUT2D eigenvalue weighted by molar-refractivity contribution is 6.07. The number of carbonyl (C=O) groups excluding carboxylic acids is 1. The molecule has 0 aliphatic carbocycles. The smallest absolute Gasteiger partial charge is 0.311 e. The van der Waals surface area contributed by atoms with Crippen molar-refractivity contribution in [1.29, 1.82) is 0 Å². The quantitative estimate of drug-likeness (QED) is 0.362. The first-order valence-corrected chi connectivity index (χ1v) is 9.09. The number of aromatic hydroxyl groups is 1. The van der Waals surface area contributed by atoms with E-state index in [1.54, 1.807) is 0 Å². The third-order valence-corrected chi connectivity index (χ3v) is 4.75. The summed E-state index contributed by atoms with van der Waals surface area (Å²) < 4.78 is 0. The molecule has 3 rings (SSSR count). The van der Waals surface area contributed by atoms with Crippen LogP contribution < -0.4 is 4.90 Å². The van der Waals surface area contributed by atoms with Crippen molar-refractivity contribution < 1.29 is 14.8 Å². The second-order valence-corrected chi connectivity index (χ2v) is 6.65. The molecule has 27 heavy (non-hydrogen) atoms. The Labute approximate surface area is 157 Å². The van der Waals surface area contributed by atoms with Gasteiger partial charge in [-0.2, -0.15) is 0 Å². The molecule has 1 aliphatic heterocycles. The molecule has 0 aromatic heterocycles. The highest BCUT2D eigenvalue weighted by atomic mass is 16.6. The molecule has 1 heterocycles. The fourth-order valence-corrected chi connectivity index (χ4v) is 3.22. The van der Waals surface area contributed by atoms with E-state index in [4.69, 9.17) is 0 Å². The molecule has 0 amide bonds. The zero-order valence-electron chi connectivity index (χ0n) is 15.0. The molecule has 1 aliphatic rings. The van der Waals surface area contributed by atoms with E-state index in [0.29, 0.717) is 11.1 Å². The van der Waals surface area contributed by atoms with Crippen LogP contribution in [0, 0.1) is 10.1 Å². The van der Waals surface area contributed by atoms with E-state index in [9.17, 15) is 20.0 Å². The average molecular weight is 366 g/mol. The molecule has 6 nitrogen and oxygen atoms in total.